The Balaban J connectivity index is 0.738. The van der Waals surface area contributed by atoms with Crippen LogP contribution in [0.5, 0.6) is 17.2 Å². The lowest BCUT2D eigenvalue weighted by atomic mass is 10.0. The average Bonchev–Trinajstić information content (AvgIpc) is 4.17. The lowest BCUT2D eigenvalue weighted by molar-refractivity contribution is -0.134. The fourth-order valence-electron chi connectivity index (χ4n) is 8.10. The van der Waals surface area contributed by atoms with Crippen molar-refractivity contribution in [1.82, 2.24) is 25.2 Å². The van der Waals surface area contributed by atoms with Gasteiger partial charge < -0.3 is 41.0 Å². The van der Waals surface area contributed by atoms with Gasteiger partial charge >= 0.3 is 0 Å². The molecule has 1 aliphatic carbocycles. The monoisotopic (exact) mass is 939 g/mol. The molecule has 3 fully saturated rings. The number of amides is 5. The summed E-state index contributed by atoms with van der Waals surface area (Å²) in [6.45, 7) is 3.97. The number of carbonyl (C=O) groups excluding carboxylic acids is 5. The minimum atomic E-state index is -1.21. The van der Waals surface area contributed by atoms with Gasteiger partial charge in [0.25, 0.3) is 5.91 Å². The Morgan fingerprint density at radius 2 is 1.52 bits per heavy atom. The van der Waals surface area contributed by atoms with E-state index in [-0.39, 0.29) is 23.8 Å². The summed E-state index contributed by atoms with van der Waals surface area (Å²) >= 11 is 0. The summed E-state index contributed by atoms with van der Waals surface area (Å²) in [5.74, 6) is -1.64. The first kappa shape index (κ1) is 45.9. The number of ether oxygens (including phenoxy) is 2. The van der Waals surface area contributed by atoms with Crippen molar-refractivity contribution in [3.63, 3.8) is 0 Å². The summed E-state index contributed by atoms with van der Waals surface area (Å²) in [5.41, 5.74) is 1.88. The van der Waals surface area contributed by atoms with Crippen molar-refractivity contribution in [2.45, 2.75) is 31.7 Å². The topological polar surface area (TPSA) is 221 Å². The maximum Gasteiger partial charge on any atom is 0.274 e. The molecule has 1 saturated carbocycles. The molecule has 354 valence electrons. The molecule has 9 rings (SSSR count). The van der Waals surface area contributed by atoms with Crippen molar-refractivity contribution in [2.24, 2.45) is 5.41 Å². The van der Waals surface area contributed by atoms with E-state index in [9.17, 15) is 28.4 Å². The number of anilines is 6. The van der Waals surface area contributed by atoms with Gasteiger partial charge in [0.1, 0.15) is 46.0 Å². The maximum absolute atomic E-state index is 15.1. The maximum atomic E-state index is 15.1. The van der Waals surface area contributed by atoms with E-state index in [2.05, 4.69) is 51.8 Å². The van der Waals surface area contributed by atoms with Crippen LogP contribution in [0.4, 0.5) is 43.0 Å². The van der Waals surface area contributed by atoms with E-state index in [4.69, 9.17) is 9.47 Å². The lowest BCUT2D eigenvalue weighted by Gasteiger charge is -2.36. The van der Waals surface area contributed by atoms with Crippen molar-refractivity contribution >= 4 is 74.7 Å². The Bertz CT molecular complexity index is 2910. The summed E-state index contributed by atoms with van der Waals surface area (Å²) < 4.78 is 40.2. The number of benzene rings is 3. The van der Waals surface area contributed by atoms with E-state index >= 15 is 4.39 Å². The van der Waals surface area contributed by atoms with Crippen molar-refractivity contribution < 1.29 is 42.2 Å². The summed E-state index contributed by atoms with van der Waals surface area (Å²) in [7, 11) is 1.49. The summed E-state index contributed by atoms with van der Waals surface area (Å²) in [6, 6.07) is 23.2. The zero-order chi connectivity index (χ0) is 48.1. The molecule has 3 aromatic carbocycles. The van der Waals surface area contributed by atoms with E-state index in [0.717, 1.165) is 12.2 Å². The van der Waals surface area contributed by atoms with E-state index in [1.54, 1.807) is 79.1 Å². The molecule has 1 atom stereocenters. The highest BCUT2D eigenvalue weighted by atomic mass is 19.1. The highest BCUT2D eigenvalue weighted by Crippen LogP contribution is 2.47. The molecule has 18 nitrogen and oxygen atoms in total. The molecule has 3 aliphatic rings. The molecule has 6 aromatic rings. The summed E-state index contributed by atoms with van der Waals surface area (Å²) in [5, 5.41) is 17.5. The van der Waals surface area contributed by atoms with Gasteiger partial charge in [-0.25, -0.2) is 14.4 Å². The molecule has 3 aromatic heterocycles. The van der Waals surface area contributed by atoms with Crippen LogP contribution in [0.15, 0.2) is 103 Å². The zero-order valence-corrected chi connectivity index (χ0v) is 37.3. The molecule has 5 heterocycles. The number of carbonyl (C=O) groups is 5. The van der Waals surface area contributed by atoms with Gasteiger partial charge in [-0.1, -0.05) is 0 Å². The van der Waals surface area contributed by atoms with Gasteiger partial charge in [-0.3, -0.25) is 39.2 Å². The minimum absolute atomic E-state index is 0.186. The highest BCUT2D eigenvalue weighted by Gasteiger charge is 2.56. The van der Waals surface area contributed by atoms with Crippen molar-refractivity contribution in [3.8, 4) is 17.2 Å². The van der Waals surface area contributed by atoms with Gasteiger partial charge in [-0.05, 0) is 110 Å². The smallest absolute Gasteiger partial charge is 0.274 e. The number of fused-ring (bicyclic) bond motifs is 1. The predicted molar refractivity (Wildman–Crippen MR) is 253 cm³/mol. The second kappa shape index (κ2) is 19.9. The number of nitrogens with one attached hydrogen (secondary N) is 6. The predicted octanol–water partition coefficient (Wildman–Crippen LogP) is 6.16. The first-order valence-corrected chi connectivity index (χ1v) is 22.3. The number of piperidine rings is 1. The number of nitrogens with zero attached hydrogens (tertiary/aromatic N) is 5. The molecule has 69 heavy (non-hydrogen) atoms. The van der Waals surface area contributed by atoms with Crippen LogP contribution in [0, 0.1) is 17.2 Å². The van der Waals surface area contributed by atoms with Crippen molar-refractivity contribution in [2.75, 3.05) is 77.9 Å². The Morgan fingerprint density at radius 1 is 0.812 bits per heavy atom. The van der Waals surface area contributed by atoms with E-state index < -0.39 is 46.9 Å². The number of halogens is 2. The second-order valence-corrected chi connectivity index (χ2v) is 16.8. The molecule has 5 amide bonds. The van der Waals surface area contributed by atoms with Crippen LogP contribution in [-0.2, 0) is 19.2 Å². The van der Waals surface area contributed by atoms with Crippen LogP contribution in [0.1, 0.15) is 36.2 Å². The molecule has 1 unspecified atom stereocenters. The van der Waals surface area contributed by atoms with E-state index in [0.29, 0.717) is 103 Å². The second-order valence-electron chi connectivity index (χ2n) is 16.8. The molecule has 0 spiro atoms. The number of hydrogen-bond acceptors (Lipinski definition) is 14. The molecular weight excluding hydrogens is 893 g/mol. The van der Waals surface area contributed by atoms with Crippen LogP contribution < -0.4 is 46.3 Å². The molecule has 20 heteroatoms. The van der Waals surface area contributed by atoms with Gasteiger partial charge in [0.15, 0.2) is 0 Å². The molecule has 6 N–H and O–H groups in total. The standard InChI is InChI=1S/C49H47F2N11O7/c1-68-41-26-34-37(53-19-16-40(34)69-33-9-6-31(7-10-33)56-48(67)49(17-18-49)47(66)55-30-4-2-29(50)3-5-30)27-38(41)58-45(64)35-11-8-32(28-54-35)52-20-21-61-22-24-62(25-23-61)39-13-14-42(59-44(39)51)57-36-12-15-43(63)60-46(36)65/h2-11,13-14,16,19,26-28,36,52H,12,15,17-18,20-25H2,1H3,(H,55,66)(H,56,67)(H,57,59)(H,58,64)(H,60,63,65). The number of rotatable bonds is 16. The van der Waals surface area contributed by atoms with Crippen LogP contribution >= 0.6 is 0 Å². The van der Waals surface area contributed by atoms with Gasteiger partial charge in [0.2, 0.25) is 29.6 Å². The molecule has 0 bridgehead atoms. The Labute approximate surface area is 394 Å². The quantitative estimate of drug-likeness (QED) is 0.0364. The SMILES string of the molecule is COc1cc2c(Oc3ccc(NC(=O)C4(C(=O)Nc5ccc(F)cc5)CC4)cc3)ccnc2cc1NC(=O)c1ccc(NCCN2CCN(c3ccc(NC4CCC(=O)NC4=O)nc3F)CC2)cn1. The summed E-state index contributed by atoms with van der Waals surface area (Å²) in [6.07, 6.45) is 4.48. The highest BCUT2D eigenvalue weighted by molar-refractivity contribution is 6.17. The number of hydrogen-bond donors (Lipinski definition) is 6. The third-order valence-corrected chi connectivity index (χ3v) is 12.2. The third-order valence-electron chi connectivity index (χ3n) is 12.2. The summed E-state index contributed by atoms with van der Waals surface area (Å²) in [4.78, 5) is 80.1. The number of imide groups is 1. The third kappa shape index (κ3) is 10.7. The van der Waals surface area contributed by atoms with Crippen LogP contribution in [-0.4, -0.2) is 102 Å². The average molecular weight is 940 g/mol. The Kier molecular flexibility index (Phi) is 13.2. The van der Waals surface area contributed by atoms with Gasteiger partial charge in [-0.2, -0.15) is 4.39 Å². The minimum Gasteiger partial charge on any atom is -0.495 e. The molecule has 0 radical (unpaired) electrons. The number of pyridine rings is 3. The first-order chi connectivity index (χ1) is 33.4. The van der Waals surface area contributed by atoms with Crippen molar-refractivity contribution in [3.05, 3.63) is 121 Å². The number of aromatic nitrogens is 3. The number of piperazine rings is 1. The Morgan fingerprint density at radius 3 is 2.17 bits per heavy atom. The van der Waals surface area contributed by atoms with Crippen LogP contribution in [0.3, 0.4) is 0 Å². The Hall–Kier alpha value is -8.26. The van der Waals surface area contributed by atoms with E-state index in [1.165, 1.54) is 31.4 Å². The molecule has 2 aliphatic heterocycles. The molecular formula is C49H47F2N11O7. The fraction of sp³-hybridized carbons (Fsp3) is 0.265. The van der Waals surface area contributed by atoms with E-state index in [1.807, 2.05) is 4.90 Å². The van der Waals surface area contributed by atoms with Gasteiger partial charge in [0, 0.05) is 68.6 Å². The van der Waals surface area contributed by atoms with Crippen LogP contribution in [0.2, 0.25) is 0 Å². The normalized spacial score (nSPS) is 16.5. The largest absolute Gasteiger partial charge is 0.495 e. The zero-order valence-electron chi connectivity index (χ0n) is 37.3. The van der Waals surface area contributed by atoms with Gasteiger partial charge in [-0.15, -0.1) is 0 Å². The number of methoxy groups -OCH3 is 1. The fourth-order valence-corrected chi connectivity index (χ4v) is 8.10. The molecule has 2 saturated heterocycles. The van der Waals surface area contributed by atoms with Crippen LogP contribution in [0.25, 0.3) is 10.9 Å². The first-order valence-electron chi connectivity index (χ1n) is 22.3. The van der Waals surface area contributed by atoms with Gasteiger partial charge in [0.05, 0.1) is 35.9 Å². The lowest BCUT2D eigenvalue weighted by Crippen LogP contribution is -2.48. The van der Waals surface area contributed by atoms with Crippen molar-refractivity contribution in [1.29, 1.82) is 0 Å².